The van der Waals surface area contributed by atoms with Gasteiger partial charge in [-0.25, -0.2) is 4.98 Å². The first kappa shape index (κ1) is 11.4. The van der Waals surface area contributed by atoms with Crippen molar-refractivity contribution in [3.05, 3.63) is 47.0 Å². The second-order valence-corrected chi connectivity index (χ2v) is 5.30. The minimum atomic E-state index is 0.650. The number of fused-ring (bicyclic) bond motifs is 2. The van der Waals surface area contributed by atoms with Crippen LogP contribution >= 0.6 is 12.2 Å². The van der Waals surface area contributed by atoms with Crippen LogP contribution < -0.4 is 0 Å². The highest BCUT2D eigenvalue weighted by atomic mass is 32.1. The van der Waals surface area contributed by atoms with Crippen LogP contribution in [0.2, 0.25) is 0 Å². The summed E-state index contributed by atoms with van der Waals surface area (Å²) in [5.41, 5.74) is 6.40. The molecule has 2 aromatic carbocycles. The van der Waals surface area contributed by atoms with Gasteiger partial charge in [-0.1, -0.05) is 12.1 Å². The molecule has 0 aliphatic carbocycles. The summed E-state index contributed by atoms with van der Waals surface area (Å²) in [7, 11) is 0. The Hall–Kier alpha value is -2.40. The number of hydrogen-bond acceptors (Lipinski definition) is 2. The second kappa shape index (κ2) is 4.05. The molecule has 0 aliphatic rings. The molecule has 4 nitrogen and oxygen atoms in total. The van der Waals surface area contributed by atoms with Gasteiger partial charge in [0.2, 0.25) is 0 Å². The van der Waals surface area contributed by atoms with E-state index in [1.165, 1.54) is 0 Å². The Morgan fingerprint density at radius 2 is 1.55 bits per heavy atom. The molecule has 0 aliphatic heterocycles. The number of H-pyrrole nitrogens is 3. The quantitative estimate of drug-likeness (QED) is 0.460. The van der Waals surface area contributed by atoms with Gasteiger partial charge in [0.25, 0.3) is 0 Å². The number of rotatable bonds is 1. The minimum Gasteiger partial charge on any atom is -0.342 e. The molecular formula is C15H12N4S. The molecule has 0 spiro atoms. The molecule has 0 radical (unpaired) electrons. The molecule has 0 atom stereocenters. The summed E-state index contributed by atoms with van der Waals surface area (Å²) in [5, 5.41) is 0. The molecule has 0 saturated heterocycles. The Labute approximate surface area is 119 Å². The third kappa shape index (κ3) is 1.75. The molecule has 20 heavy (non-hydrogen) atoms. The number of benzene rings is 2. The van der Waals surface area contributed by atoms with Gasteiger partial charge in [0.1, 0.15) is 5.82 Å². The fourth-order valence-electron chi connectivity index (χ4n) is 2.53. The van der Waals surface area contributed by atoms with Crippen LogP contribution in [0.4, 0.5) is 0 Å². The topological polar surface area (TPSA) is 60.3 Å². The Bertz CT molecular complexity index is 990. The Balaban J connectivity index is 1.92. The van der Waals surface area contributed by atoms with E-state index in [-0.39, 0.29) is 0 Å². The number of nitrogens with zero attached hydrogens (tertiary/aromatic N) is 1. The highest BCUT2D eigenvalue weighted by Crippen LogP contribution is 2.25. The molecule has 0 fully saturated rings. The highest BCUT2D eigenvalue weighted by Gasteiger charge is 2.04. The van der Waals surface area contributed by atoms with E-state index in [1.54, 1.807) is 0 Å². The van der Waals surface area contributed by atoms with E-state index >= 15 is 0 Å². The van der Waals surface area contributed by atoms with E-state index < -0.39 is 0 Å². The Morgan fingerprint density at radius 3 is 2.40 bits per heavy atom. The summed E-state index contributed by atoms with van der Waals surface area (Å²) >= 11 is 5.11. The number of aromatic nitrogens is 4. The number of aromatic amines is 3. The van der Waals surface area contributed by atoms with Crippen molar-refractivity contribution in [3.8, 4) is 11.1 Å². The first-order valence-electron chi connectivity index (χ1n) is 6.38. The largest absolute Gasteiger partial charge is 0.342 e. The Kier molecular flexibility index (Phi) is 2.31. The summed E-state index contributed by atoms with van der Waals surface area (Å²) < 4.78 is 0.650. The van der Waals surface area contributed by atoms with Crippen LogP contribution in [0, 0.1) is 11.7 Å². The summed E-state index contributed by atoms with van der Waals surface area (Å²) in [6.07, 6.45) is 0. The van der Waals surface area contributed by atoms with Crippen LogP contribution in [0.25, 0.3) is 33.2 Å². The standard InChI is InChI=1S/C15H12N4S/c1-8-16-11-4-2-9(6-13(11)17-8)10-3-5-12-14(7-10)19-15(20)18-12/h2-7H,1H3,(H,16,17)(H2,18,19,20). The molecule has 2 aromatic heterocycles. The van der Waals surface area contributed by atoms with Crippen molar-refractivity contribution in [2.24, 2.45) is 0 Å². The van der Waals surface area contributed by atoms with Gasteiger partial charge < -0.3 is 15.0 Å². The second-order valence-electron chi connectivity index (χ2n) is 4.89. The number of aryl methyl sites for hydroxylation is 1. The monoisotopic (exact) mass is 280 g/mol. The maximum Gasteiger partial charge on any atom is 0.175 e. The van der Waals surface area contributed by atoms with Gasteiger partial charge in [0, 0.05) is 0 Å². The van der Waals surface area contributed by atoms with Crippen molar-refractivity contribution in [2.75, 3.05) is 0 Å². The molecule has 98 valence electrons. The van der Waals surface area contributed by atoms with Crippen LogP contribution in [-0.2, 0) is 0 Å². The number of hydrogen-bond donors (Lipinski definition) is 3. The summed E-state index contributed by atoms with van der Waals surface area (Å²) in [5.74, 6) is 0.933. The van der Waals surface area contributed by atoms with E-state index in [1.807, 2.05) is 19.1 Å². The van der Waals surface area contributed by atoms with Crippen molar-refractivity contribution in [2.45, 2.75) is 6.92 Å². The van der Waals surface area contributed by atoms with Gasteiger partial charge in [-0.05, 0) is 54.5 Å². The summed E-state index contributed by atoms with van der Waals surface area (Å²) in [6, 6.07) is 12.5. The third-order valence-corrected chi connectivity index (χ3v) is 3.65. The molecular weight excluding hydrogens is 268 g/mol. The van der Waals surface area contributed by atoms with Gasteiger partial charge >= 0.3 is 0 Å². The molecule has 0 bridgehead atoms. The number of imidazole rings is 2. The van der Waals surface area contributed by atoms with Gasteiger partial charge in [-0.15, -0.1) is 0 Å². The van der Waals surface area contributed by atoms with Crippen molar-refractivity contribution in [1.29, 1.82) is 0 Å². The zero-order valence-electron chi connectivity index (χ0n) is 10.8. The average Bonchev–Trinajstić information content (AvgIpc) is 2.97. The normalized spacial score (nSPS) is 11.4. The van der Waals surface area contributed by atoms with E-state index in [2.05, 4.69) is 44.2 Å². The molecule has 2 heterocycles. The average molecular weight is 280 g/mol. The molecule has 4 rings (SSSR count). The van der Waals surface area contributed by atoms with Crippen molar-refractivity contribution in [3.63, 3.8) is 0 Å². The van der Waals surface area contributed by atoms with Gasteiger partial charge in [0.05, 0.1) is 22.1 Å². The van der Waals surface area contributed by atoms with Crippen LogP contribution in [0.5, 0.6) is 0 Å². The van der Waals surface area contributed by atoms with Gasteiger partial charge in [-0.3, -0.25) is 0 Å². The van der Waals surface area contributed by atoms with Gasteiger partial charge in [0.15, 0.2) is 4.77 Å². The van der Waals surface area contributed by atoms with Crippen molar-refractivity contribution < 1.29 is 0 Å². The maximum atomic E-state index is 5.11. The van der Waals surface area contributed by atoms with E-state index in [4.69, 9.17) is 12.2 Å². The first-order chi connectivity index (χ1) is 9.69. The molecule has 0 amide bonds. The van der Waals surface area contributed by atoms with E-state index in [0.717, 1.165) is 39.0 Å². The molecule has 3 N–H and O–H groups in total. The predicted octanol–water partition coefficient (Wildman–Crippen LogP) is 4.08. The summed E-state index contributed by atoms with van der Waals surface area (Å²) in [6.45, 7) is 1.96. The predicted molar refractivity (Wildman–Crippen MR) is 83.3 cm³/mol. The van der Waals surface area contributed by atoms with Crippen LogP contribution in [-0.4, -0.2) is 19.9 Å². The molecule has 5 heteroatoms. The van der Waals surface area contributed by atoms with Crippen molar-refractivity contribution in [1.82, 2.24) is 19.9 Å². The van der Waals surface area contributed by atoms with E-state index in [9.17, 15) is 0 Å². The van der Waals surface area contributed by atoms with E-state index in [0.29, 0.717) is 4.77 Å². The molecule has 4 aromatic rings. The first-order valence-corrected chi connectivity index (χ1v) is 6.79. The molecule has 0 saturated carbocycles. The van der Waals surface area contributed by atoms with Gasteiger partial charge in [-0.2, -0.15) is 0 Å². The Morgan fingerprint density at radius 1 is 0.850 bits per heavy atom. The lowest BCUT2D eigenvalue weighted by molar-refractivity contribution is 1.17. The van der Waals surface area contributed by atoms with Crippen LogP contribution in [0.15, 0.2) is 36.4 Å². The fraction of sp³-hybridized carbons (Fsp3) is 0.0667. The number of nitrogens with one attached hydrogen (secondary N) is 3. The SMILES string of the molecule is Cc1nc2ccc(-c3ccc4[nH]c(=S)[nH]c4c3)cc2[nH]1. The van der Waals surface area contributed by atoms with Crippen LogP contribution in [0.1, 0.15) is 5.82 Å². The lowest BCUT2D eigenvalue weighted by atomic mass is 10.0. The van der Waals surface area contributed by atoms with Crippen LogP contribution in [0.3, 0.4) is 0 Å². The summed E-state index contributed by atoms with van der Waals surface area (Å²) in [4.78, 5) is 14.0. The maximum absolute atomic E-state index is 5.11. The zero-order valence-corrected chi connectivity index (χ0v) is 11.6. The highest BCUT2D eigenvalue weighted by molar-refractivity contribution is 7.71. The third-order valence-electron chi connectivity index (χ3n) is 3.45. The zero-order chi connectivity index (χ0) is 13.7. The fourth-order valence-corrected chi connectivity index (χ4v) is 2.75. The lowest BCUT2D eigenvalue weighted by Crippen LogP contribution is -1.79. The minimum absolute atomic E-state index is 0.650. The lowest BCUT2D eigenvalue weighted by Gasteiger charge is -2.02. The van der Waals surface area contributed by atoms with Crippen molar-refractivity contribution >= 4 is 34.3 Å². The smallest absolute Gasteiger partial charge is 0.175 e. The molecule has 0 unspecified atom stereocenters.